The minimum Gasteiger partial charge on any atom is -0.395 e. The molecule has 1 amide bonds. The molecule has 0 saturated heterocycles. The van der Waals surface area contributed by atoms with Crippen LogP contribution < -0.4 is 10.6 Å². The average Bonchev–Trinajstić information content (AvgIpc) is 3.33. The van der Waals surface area contributed by atoms with Gasteiger partial charge in [-0.3, -0.25) is 4.79 Å². The number of hydrogen-bond donors (Lipinski definition) is 3. The Morgan fingerprint density at radius 1 is 1.29 bits per heavy atom. The van der Waals surface area contributed by atoms with Crippen LogP contribution in [0, 0.1) is 0 Å². The van der Waals surface area contributed by atoms with Crippen LogP contribution in [0.15, 0.2) is 30.6 Å². The first-order chi connectivity index (χ1) is 15.1. The van der Waals surface area contributed by atoms with Crippen LogP contribution >= 0.6 is 0 Å². The van der Waals surface area contributed by atoms with Crippen molar-refractivity contribution in [2.45, 2.75) is 13.1 Å². The summed E-state index contributed by atoms with van der Waals surface area (Å²) in [4.78, 5) is 25.7. The van der Waals surface area contributed by atoms with E-state index in [4.69, 9.17) is 14.7 Å². The maximum atomic E-state index is 11.7. The second-order valence-electron chi connectivity index (χ2n) is 7.13. The molecule has 4 aromatic rings. The van der Waals surface area contributed by atoms with E-state index < -0.39 is 0 Å². The highest BCUT2D eigenvalue weighted by molar-refractivity contribution is 6.07. The molecule has 10 heteroatoms. The van der Waals surface area contributed by atoms with E-state index >= 15 is 0 Å². The van der Waals surface area contributed by atoms with Crippen LogP contribution in [-0.4, -0.2) is 62.5 Å². The number of nitrogens with one attached hydrogen (secondary N) is 2. The van der Waals surface area contributed by atoms with Crippen LogP contribution in [0.4, 0.5) is 5.82 Å². The van der Waals surface area contributed by atoms with Gasteiger partial charge >= 0.3 is 0 Å². The van der Waals surface area contributed by atoms with Gasteiger partial charge in [-0.15, -0.1) is 0 Å². The number of aliphatic hydroxyl groups is 1. The van der Waals surface area contributed by atoms with Crippen LogP contribution in [0.1, 0.15) is 5.69 Å². The van der Waals surface area contributed by atoms with Gasteiger partial charge in [-0.05, 0) is 18.2 Å². The van der Waals surface area contributed by atoms with Gasteiger partial charge in [0.25, 0.3) is 0 Å². The molecule has 31 heavy (non-hydrogen) atoms. The fraction of sp³-hybridized carbons (Fsp3) is 0.333. The summed E-state index contributed by atoms with van der Waals surface area (Å²) in [6.45, 7) is 0.632. The van der Waals surface area contributed by atoms with Crippen molar-refractivity contribution in [2.24, 2.45) is 7.05 Å². The van der Waals surface area contributed by atoms with Crippen LogP contribution in [0.5, 0.6) is 0 Å². The molecule has 0 radical (unpaired) electrons. The Morgan fingerprint density at radius 2 is 2.13 bits per heavy atom. The molecule has 10 nitrogen and oxygen atoms in total. The highest BCUT2D eigenvalue weighted by Gasteiger charge is 2.19. The number of aromatic nitrogens is 5. The topological polar surface area (TPSA) is 119 Å². The molecule has 4 aromatic heterocycles. The maximum Gasteiger partial charge on any atom is 0.246 e. The van der Waals surface area contributed by atoms with Crippen LogP contribution in [-0.2, 0) is 29.7 Å². The van der Waals surface area contributed by atoms with Gasteiger partial charge in [0, 0.05) is 33.1 Å². The van der Waals surface area contributed by atoms with Gasteiger partial charge in [-0.1, -0.05) is 6.07 Å². The van der Waals surface area contributed by atoms with E-state index in [0.717, 1.165) is 39.1 Å². The molecule has 0 aliphatic rings. The van der Waals surface area contributed by atoms with Gasteiger partial charge in [0.15, 0.2) is 5.82 Å². The summed E-state index contributed by atoms with van der Waals surface area (Å²) >= 11 is 0. The number of aliphatic hydroxyl groups excluding tert-OH is 1. The Morgan fingerprint density at radius 3 is 2.87 bits per heavy atom. The van der Waals surface area contributed by atoms with Gasteiger partial charge < -0.3 is 29.6 Å². The number of fused-ring (bicyclic) bond motifs is 3. The third-order valence-corrected chi connectivity index (χ3v) is 5.07. The minimum absolute atomic E-state index is 0.00456. The molecule has 0 saturated carbocycles. The minimum atomic E-state index is -0.202. The smallest absolute Gasteiger partial charge is 0.246 e. The lowest BCUT2D eigenvalue weighted by Crippen LogP contribution is -2.26. The number of carbonyl (C=O) groups is 1. The second kappa shape index (κ2) is 8.70. The fourth-order valence-corrected chi connectivity index (χ4v) is 3.72. The standard InChI is InChI=1S/C21H25N7O3/c1-22-20-18-19(27(2)12-24-18)14-9-16(28(7-8-29)21(14)26-20)15-6-4-5-13(25-15)10-23-17(30)11-31-3/h4-6,9,12,29H,7-8,10-11H2,1-3H3,(H,22,26)(H,23,30). The van der Waals surface area contributed by atoms with E-state index in [1.165, 1.54) is 7.11 Å². The van der Waals surface area contributed by atoms with Crippen molar-refractivity contribution in [1.82, 2.24) is 29.4 Å². The van der Waals surface area contributed by atoms with Crippen molar-refractivity contribution >= 4 is 33.8 Å². The zero-order chi connectivity index (χ0) is 22.0. The van der Waals surface area contributed by atoms with E-state index in [1.807, 2.05) is 47.5 Å². The molecule has 0 fully saturated rings. The Bertz CT molecular complexity index is 1240. The van der Waals surface area contributed by atoms with Crippen LogP contribution in [0.25, 0.3) is 33.5 Å². The molecule has 4 heterocycles. The number of nitrogens with zero attached hydrogens (tertiary/aromatic N) is 5. The van der Waals surface area contributed by atoms with Gasteiger partial charge in [-0.2, -0.15) is 0 Å². The summed E-state index contributed by atoms with van der Waals surface area (Å²) < 4.78 is 8.76. The summed E-state index contributed by atoms with van der Waals surface area (Å²) in [7, 11) is 5.23. The largest absolute Gasteiger partial charge is 0.395 e. The molecule has 0 bridgehead atoms. The predicted octanol–water partition coefficient (Wildman–Crippen LogP) is 1.28. The molecule has 162 valence electrons. The summed E-state index contributed by atoms with van der Waals surface area (Å²) in [5.41, 5.74) is 4.76. The van der Waals surface area contributed by atoms with Crippen molar-refractivity contribution in [2.75, 3.05) is 32.7 Å². The molecule has 4 rings (SSSR count). The average molecular weight is 423 g/mol. The van der Waals surface area contributed by atoms with E-state index in [9.17, 15) is 9.90 Å². The Hall–Kier alpha value is -3.50. The van der Waals surface area contributed by atoms with E-state index in [2.05, 4.69) is 15.6 Å². The molecule has 0 aliphatic carbocycles. The molecular formula is C21H25N7O3. The molecule has 3 N–H and O–H groups in total. The quantitative estimate of drug-likeness (QED) is 0.391. The van der Waals surface area contributed by atoms with E-state index in [0.29, 0.717) is 18.9 Å². The molecule has 0 spiro atoms. The molecular weight excluding hydrogens is 398 g/mol. The van der Waals surface area contributed by atoms with Gasteiger partial charge in [0.1, 0.15) is 17.8 Å². The number of anilines is 1. The lowest BCUT2D eigenvalue weighted by atomic mass is 10.2. The number of ether oxygens (including phenoxy) is 1. The van der Waals surface area contributed by atoms with Crippen LogP contribution in [0.3, 0.4) is 0 Å². The first-order valence-corrected chi connectivity index (χ1v) is 9.92. The zero-order valence-corrected chi connectivity index (χ0v) is 17.7. The highest BCUT2D eigenvalue weighted by atomic mass is 16.5. The fourth-order valence-electron chi connectivity index (χ4n) is 3.72. The Balaban J connectivity index is 1.83. The molecule has 0 atom stereocenters. The third-order valence-electron chi connectivity index (χ3n) is 5.07. The van der Waals surface area contributed by atoms with Gasteiger partial charge in [0.2, 0.25) is 5.91 Å². The maximum absolute atomic E-state index is 11.7. The summed E-state index contributed by atoms with van der Waals surface area (Å²) in [6, 6.07) is 7.68. The highest BCUT2D eigenvalue weighted by Crippen LogP contribution is 2.33. The van der Waals surface area contributed by atoms with Gasteiger partial charge in [0.05, 0.1) is 42.1 Å². The number of amides is 1. The molecule has 0 aromatic carbocycles. The first-order valence-electron chi connectivity index (χ1n) is 9.92. The van der Waals surface area contributed by atoms with E-state index in [-0.39, 0.29) is 19.1 Å². The van der Waals surface area contributed by atoms with Crippen LogP contribution in [0.2, 0.25) is 0 Å². The number of hydrogen-bond acceptors (Lipinski definition) is 7. The predicted molar refractivity (Wildman–Crippen MR) is 118 cm³/mol. The lowest BCUT2D eigenvalue weighted by Gasteiger charge is -2.11. The normalized spacial score (nSPS) is 11.4. The Kier molecular flexibility index (Phi) is 5.83. The Labute approximate surface area is 178 Å². The molecule has 0 unspecified atom stereocenters. The first kappa shape index (κ1) is 20.8. The number of methoxy groups -OCH3 is 1. The number of aryl methyl sites for hydroxylation is 1. The SMILES string of the molecule is CNc1nc2c(cc(-c3cccc(CNC(=O)COC)n3)n2CCO)c2c1ncn2C. The summed E-state index contributed by atoms with van der Waals surface area (Å²) in [6.07, 6.45) is 1.76. The number of imidazole rings is 1. The van der Waals surface area contributed by atoms with Crippen molar-refractivity contribution in [3.8, 4) is 11.4 Å². The van der Waals surface area contributed by atoms with Gasteiger partial charge in [-0.25, -0.2) is 15.0 Å². The number of pyridine rings is 2. The summed E-state index contributed by atoms with van der Waals surface area (Å²) in [5.74, 6) is 0.473. The second-order valence-corrected chi connectivity index (χ2v) is 7.13. The lowest BCUT2D eigenvalue weighted by molar-refractivity contribution is -0.124. The van der Waals surface area contributed by atoms with E-state index in [1.54, 1.807) is 6.33 Å². The summed E-state index contributed by atoms with van der Waals surface area (Å²) in [5, 5.41) is 16.5. The monoisotopic (exact) mass is 423 g/mol. The van der Waals surface area contributed by atoms with Crippen molar-refractivity contribution in [3.63, 3.8) is 0 Å². The third kappa shape index (κ3) is 3.82. The van der Waals surface area contributed by atoms with Crippen molar-refractivity contribution in [1.29, 1.82) is 0 Å². The zero-order valence-electron chi connectivity index (χ0n) is 17.7. The number of carbonyl (C=O) groups excluding carboxylic acids is 1. The van der Waals surface area contributed by atoms with Crippen molar-refractivity contribution < 1.29 is 14.6 Å². The van der Waals surface area contributed by atoms with Crippen molar-refractivity contribution in [3.05, 3.63) is 36.3 Å². The number of rotatable bonds is 8. The molecule has 0 aliphatic heterocycles.